The minimum atomic E-state index is -0.615. The average molecular weight is 501 g/mol. The summed E-state index contributed by atoms with van der Waals surface area (Å²) in [5, 5.41) is 7.10. The van der Waals surface area contributed by atoms with E-state index in [9.17, 15) is 14.0 Å². The molecule has 188 valence electrons. The second-order valence-electron chi connectivity index (χ2n) is 8.91. The van der Waals surface area contributed by atoms with Gasteiger partial charge in [0, 0.05) is 17.2 Å². The number of nitrogens with one attached hydrogen (secondary N) is 1. The number of nitrogens with zero attached hydrogens (tertiary/aromatic N) is 3. The van der Waals surface area contributed by atoms with Crippen LogP contribution in [-0.4, -0.2) is 26.8 Å². The van der Waals surface area contributed by atoms with Crippen LogP contribution in [-0.2, 0) is 9.53 Å². The fourth-order valence-electron chi connectivity index (χ4n) is 3.81. The van der Waals surface area contributed by atoms with Gasteiger partial charge in [-0.1, -0.05) is 30.3 Å². The normalized spacial score (nSPS) is 13.6. The molecule has 1 atom stereocenters. The summed E-state index contributed by atoms with van der Waals surface area (Å²) in [6.07, 6.45) is 3.73. The Kier molecular flexibility index (Phi) is 6.68. The average Bonchev–Trinajstić information content (AvgIpc) is 3.69. The minimum absolute atomic E-state index is 0.0728. The Morgan fingerprint density at radius 3 is 2.54 bits per heavy atom. The molecule has 9 heteroatoms. The Bertz CT molecular complexity index is 1430. The zero-order valence-corrected chi connectivity index (χ0v) is 20.3. The van der Waals surface area contributed by atoms with E-state index in [-0.39, 0.29) is 23.2 Å². The maximum atomic E-state index is 14.8. The van der Waals surface area contributed by atoms with Crippen LogP contribution in [0.3, 0.4) is 0 Å². The van der Waals surface area contributed by atoms with E-state index in [0.29, 0.717) is 17.2 Å². The van der Waals surface area contributed by atoms with Crippen molar-refractivity contribution in [2.45, 2.75) is 32.8 Å². The third kappa shape index (κ3) is 5.50. The molecule has 1 unspecified atom stereocenters. The first-order chi connectivity index (χ1) is 17.9. The van der Waals surface area contributed by atoms with Gasteiger partial charge >= 0.3 is 12.1 Å². The van der Waals surface area contributed by atoms with Gasteiger partial charge in [-0.25, -0.2) is 13.9 Å². The minimum Gasteiger partial charge on any atom is -0.441 e. The lowest BCUT2D eigenvalue weighted by Gasteiger charge is -2.15. The summed E-state index contributed by atoms with van der Waals surface area (Å²) in [6, 6.07) is 17.1. The Balaban J connectivity index is 1.29. The number of carbonyl (C=O) groups is 2. The number of pyridine rings is 1. The molecule has 5 rings (SSSR count). The fourth-order valence-corrected chi connectivity index (χ4v) is 3.81. The highest BCUT2D eigenvalue weighted by molar-refractivity contribution is 5.85. The number of benzene rings is 2. The highest BCUT2D eigenvalue weighted by Crippen LogP contribution is 2.32. The quantitative estimate of drug-likeness (QED) is 0.247. The zero-order chi connectivity index (χ0) is 25.9. The van der Waals surface area contributed by atoms with Crippen molar-refractivity contribution in [2.24, 2.45) is 5.92 Å². The third-order valence-corrected chi connectivity index (χ3v) is 6.06. The Morgan fingerprint density at radius 1 is 1.08 bits per heavy atom. The summed E-state index contributed by atoms with van der Waals surface area (Å²) in [5.41, 5.74) is 2.85. The number of hydrogen-bond donors (Lipinski definition) is 1. The molecule has 1 amide bonds. The van der Waals surface area contributed by atoms with Crippen molar-refractivity contribution >= 4 is 17.9 Å². The molecular weight excluding hydrogens is 475 g/mol. The summed E-state index contributed by atoms with van der Waals surface area (Å²) in [7, 11) is 0. The van der Waals surface area contributed by atoms with E-state index in [4.69, 9.17) is 9.47 Å². The molecule has 8 nitrogen and oxygen atoms in total. The van der Waals surface area contributed by atoms with E-state index in [2.05, 4.69) is 15.4 Å². The lowest BCUT2D eigenvalue weighted by molar-refractivity contribution is -0.135. The number of aromatic nitrogens is 3. The van der Waals surface area contributed by atoms with Crippen molar-refractivity contribution in [3.05, 3.63) is 90.0 Å². The van der Waals surface area contributed by atoms with E-state index in [1.807, 2.05) is 37.3 Å². The fraction of sp³-hybridized carbons (Fsp3) is 0.214. The van der Waals surface area contributed by atoms with Crippen molar-refractivity contribution in [2.75, 3.05) is 5.32 Å². The maximum absolute atomic E-state index is 14.8. The van der Waals surface area contributed by atoms with Crippen LogP contribution in [0.4, 0.5) is 15.0 Å². The molecule has 37 heavy (non-hydrogen) atoms. The first-order valence-corrected chi connectivity index (χ1v) is 11.9. The van der Waals surface area contributed by atoms with Gasteiger partial charge < -0.3 is 9.47 Å². The molecule has 2 heterocycles. The highest BCUT2D eigenvalue weighted by Gasteiger charge is 2.31. The first-order valence-electron chi connectivity index (χ1n) is 11.9. The number of halogens is 1. The molecule has 0 bridgehead atoms. The van der Waals surface area contributed by atoms with Gasteiger partial charge in [-0.05, 0) is 56.5 Å². The van der Waals surface area contributed by atoms with Gasteiger partial charge in [-0.2, -0.15) is 5.10 Å². The third-order valence-electron chi connectivity index (χ3n) is 6.06. The van der Waals surface area contributed by atoms with Crippen molar-refractivity contribution in [3.63, 3.8) is 0 Å². The zero-order valence-electron chi connectivity index (χ0n) is 20.3. The van der Waals surface area contributed by atoms with Crippen molar-refractivity contribution in [3.8, 4) is 22.7 Å². The second-order valence-corrected chi connectivity index (χ2v) is 8.91. The first kappa shape index (κ1) is 24.2. The SMILES string of the molecule is Cc1cnn(-c2ccc(-c3ccc(OC(=O)C4CC4)cc3F)nc2)c1NC(=O)OC(C)c1ccccc1. The lowest BCUT2D eigenvalue weighted by Crippen LogP contribution is -2.19. The predicted octanol–water partition coefficient (Wildman–Crippen LogP) is 6.01. The Labute approximate surface area is 213 Å². The van der Waals surface area contributed by atoms with Gasteiger partial charge in [-0.3, -0.25) is 15.1 Å². The van der Waals surface area contributed by atoms with Gasteiger partial charge in [0.25, 0.3) is 0 Å². The molecule has 0 spiro atoms. The standard InChI is InChI=1S/C28H25FN4O4/c1-17-15-31-33(26(17)32-28(35)36-18(2)19-6-4-3-5-7-19)21-10-13-25(30-16-21)23-12-11-22(14-24(23)29)37-27(34)20-8-9-20/h3-7,10-16,18,20H,8-9H2,1-2H3,(H,32,35). The van der Waals surface area contributed by atoms with Gasteiger partial charge in [0.05, 0.1) is 29.7 Å². The molecule has 1 N–H and O–H groups in total. The smallest absolute Gasteiger partial charge is 0.413 e. The maximum Gasteiger partial charge on any atom is 0.413 e. The number of anilines is 1. The number of rotatable bonds is 7. The predicted molar refractivity (Wildman–Crippen MR) is 135 cm³/mol. The molecule has 0 saturated heterocycles. The van der Waals surface area contributed by atoms with E-state index < -0.39 is 18.0 Å². The van der Waals surface area contributed by atoms with Gasteiger partial charge in [0.2, 0.25) is 0 Å². The van der Waals surface area contributed by atoms with Crippen LogP contribution >= 0.6 is 0 Å². The van der Waals surface area contributed by atoms with Gasteiger partial charge in [0.1, 0.15) is 23.5 Å². The van der Waals surface area contributed by atoms with Crippen LogP contribution in [0.25, 0.3) is 16.9 Å². The molecule has 1 aliphatic carbocycles. The molecule has 1 fully saturated rings. The monoisotopic (exact) mass is 500 g/mol. The number of amides is 1. The second kappa shape index (κ2) is 10.2. The molecular formula is C28H25FN4O4. The summed E-state index contributed by atoms with van der Waals surface area (Å²) < 4.78 is 27.0. The summed E-state index contributed by atoms with van der Waals surface area (Å²) in [4.78, 5) is 28.8. The number of hydrogen-bond acceptors (Lipinski definition) is 6. The van der Waals surface area contributed by atoms with Crippen LogP contribution in [0.1, 0.15) is 37.0 Å². The number of aryl methyl sites for hydroxylation is 1. The number of ether oxygens (including phenoxy) is 2. The highest BCUT2D eigenvalue weighted by atomic mass is 19.1. The molecule has 0 radical (unpaired) electrons. The molecule has 1 aliphatic rings. The lowest BCUT2D eigenvalue weighted by atomic mass is 10.1. The molecule has 2 aromatic carbocycles. The summed E-state index contributed by atoms with van der Waals surface area (Å²) in [6.45, 7) is 3.61. The topological polar surface area (TPSA) is 95.3 Å². The largest absolute Gasteiger partial charge is 0.441 e. The van der Waals surface area contributed by atoms with Crippen molar-refractivity contribution in [1.82, 2.24) is 14.8 Å². The van der Waals surface area contributed by atoms with Gasteiger partial charge in [-0.15, -0.1) is 0 Å². The van der Waals surface area contributed by atoms with Crippen LogP contribution in [0, 0.1) is 18.7 Å². The Morgan fingerprint density at radius 2 is 1.86 bits per heavy atom. The Hall–Kier alpha value is -4.53. The van der Waals surface area contributed by atoms with Gasteiger partial charge in [0.15, 0.2) is 0 Å². The summed E-state index contributed by atoms with van der Waals surface area (Å²) in [5.74, 6) is -0.337. The van der Waals surface area contributed by atoms with Crippen molar-refractivity contribution < 1.29 is 23.5 Å². The van der Waals surface area contributed by atoms with E-state index in [1.54, 1.807) is 31.3 Å². The molecule has 1 saturated carbocycles. The summed E-state index contributed by atoms with van der Waals surface area (Å²) >= 11 is 0. The molecule has 0 aliphatic heterocycles. The van der Waals surface area contributed by atoms with Crippen LogP contribution in [0.5, 0.6) is 5.75 Å². The number of carbonyl (C=O) groups excluding carboxylic acids is 2. The van der Waals surface area contributed by atoms with Crippen LogP contribution in [0.2, 0.25) is 0 Å². The molecule has 4 aromatic rings. The van der Waals surface area contributed by atoms with E-state index in [1.165, 1.54) is 23.0 Å². The number of esters is 1. The van der Waals surface area contributed by atoms with Crippen LogP contribution in [0.15, 0.2) is 73.1 Å². The van der Waals surface area contributed by atoms with E-state index >= 15 is 0 Å². The van der Waals surface area contributed by atoms with Crippen LogP contribution < -0.4 is 10.1 Å². The van der Waals surface area contributed by atoms with Crippen molar-refractivity contribution in [1.29, 1.82) is 0 Å². The van der Waals surface area contributed by atoms with E-state index in [0.717, 1.165) is 24.0 Å². The molecule has 2 aromatic heterocycles.